The number of nitrogens with one attached hydrogen (secondary N) is 2. The highest BCUT2D eigenvalue weighted by Gasteiger charge is 2.04. The van der Waals surface area contributed by atoms with Crippen LogP contribution in [0.15, 0.2) is 15.8 Å². The fourth-order valence-corrected chi connectivity index (χ4v) is 1.24. The molecule has 1 aromatic heterocycles. The fraction of sp³-hybridized carbons (Fsp3) is 0.556. The van der Waals surface area contributed by atoms with Gasteiger partial charge in [-0.15, -0.1) is 0 Å². The first-order valence-electron chi connectivity index (χ1n) is 4.70. The standard InChI is InChI=1S/C9H15N3O2/c1-3-12(4-2)6-7-5-10-9(14)11-8(7)13/h5H,3-4,6H2,1-2H3,(H2,10,11,13,14). The van der Waals surface area contributed by atoms with Gasteiger partial charge < -0.3 is 4.98 Å². The molecule has 1 aromatic rings. The van der Waals surface area contributed by atoms with E-state index in [0.29, 0.717) is 12.1 Å². The Morgan fingerprint density at radius 3 is 2.43 bits per heavy atom. The molecule has 0 radical (unpaired) electrons. The normalized spacial score (nSPS) is 10.8. The molecule has 1 heterocycles. The number of aromatic nitrogens is 2. The van der Waals surface area contributed by atoms with E-state index < -0.39 is 5.69 Å². The Bertz CT molecular complexity index is 390. The fourth-order valence-electron chi connectivity index (χ4n) is 1.24. The maximum Gasteiger partial charge on any atom is 0.325 e. The molecule has 0 amide bonds. The third-order valence-electron chi connectivity index (χ3n) is 2.18. The molecule has 0 saturated heterocycles. The van der Waals surface area contributed by atoms with E-state index in [2.05, 4.69) is 14.9 Å². The molecule has 0 bridgehead atoms. The summed E-state index contributed by atoms with van der Waals surface area (Å²) in [4.78, 5) is 28.8. The number of hydrogen-bond donors (Lipinski definition) is 2. The molecule has 0 spiro atoms. The van der Waals surface area contributed by atoms with Gasteiger partial charge in [-0.05, 0) is 13.1 Å². The van der Waals surface area contributed by atoms with Crippen molar-refractivity contribution in [1.82, 2.24) is 14.9 Å². The number of nitrogens with zero attached hydrogens (tertiary/aromatic N) is 1. The number of hydrogen-bond acceptors (Lipinski definition) is 3. The first-order chi connectivity index (χ1) is 6.67. The SMILES string of the molecule is CCN(CC)Cc1c[nH]c(=O)[nH]c1=O. The summed E-state index contributed by atoms with van der Waals surface area (Å²) in [5.74, 6) is 0. The van der Waals surface area contributed by atoms with E-state index in [1.807, 2.05) is 13.8 Å². The molecule has 0 aliphatic carbocycles. The van der Waals surface area contributed by atoms with Crippen LogP contribution in [-0.2, 0) is 6.54 Å². The molecule has 0 atom stereocenters. The van der Waals surface area contributed by atoms with Crippen molar-refractivity contribution < 1.29 is 0 Å². The topological polar surface area (TPSA) is 69.0 Å². The Morgan fingerprint density at radius 2 is 1.93 bits per heavy atom. The third kappa shape index (κ3) is 2.56. The summed E-state index contributed by atoms with van der Waals surface area (Å²) in [6.45, 7) is 6.40. The molecule has 0 aromatic carbocycles. The predicted octanol–water partition coefficient (Wildman–Crippen LogP) is -0.0950. The van der Waals surface area contributed by atoms with Gasteiger partial charge in [0.25, 0.3) is 5.56 Å². The lowest BCUT2D eigenvalue weighted by Gasteiger charge is -2.16. The molecule has 5 nitrogen and oxygen atoms in total. The summed E-state index contributed by atoms with van der Waals surface area (Å²) in [5, 5.41) is 0. The quantitative estimate of drug-likeness (QED) is 0.708. The Morgan fingerprint density at radius 1 is 1.29 bits per heavy atom. The summed E-state index contributed by atoms with van der Waals surface area (Å²) in [6.07, 6.45) is 1.47. The van der Waals surface area contributed by atoms with Crippen molar-refractivity contribution in [3.05, 3.63) is 32.6 Å². The van der Waals surface area contributed by atoms with Gasteiger partial charge in [0.2, 0.25) is 0 Å². The third-order valence-corrected chi connectivity index (χ3v) is 2.18. The van der Waals surface area contributed by atoms with Crippen molar-refractivity contribution in [3.63, 3.8) is 0 Å². The van der Waals surface area contributed by atoms with Crippen LogP contribution in [0.5, 0.6) is 0 Å². The predicted molar refractivity (Wildman–Crippen MR) is 54.3 cm³/mol. The maximum absolute atomic E-state index is 11.3. The number of rotatable bonds is 4. The van der Waals surface area contributed by atoms with E-state index in [0.717, 1.165) is 13.1 Å². The van der Waals surface area contributed by atoms with E-state index >= 15 is 0 Å². The molecule has 5 heteroatoms. The molecule has 0 saturated carbocycles. The molecular formula is C9H15N3O2. The maximum atomic E-state index is 11.3. The number of aromatic amines is 2. The molecule has 1 rings (SSSR count). The number of H-pyrrole nitrogens is 2. The second-order valence-corrected chi connectivity index (χ2v) is 3.06. The molecule has 2 N–H and O–H groups in total. The highest BCUT2D eigenvalue weighted by molar-refractivity contribution is 5.02. The van der Waals surface area contributed by atoms with Gasteiger partial charge >= 0.3 is 5.69 Å². The molecule has 14 heavy (non-hydrogen) atoms. The first kappa shape index (κ1) is 10.7. The zero-order valence-electron chi connectivity index (χ0n) is 8.46. The summed E-state index contributed by atoms with van der Waals surface area (Å²) in [5.41, 5.74) is -0.174. The molecule has 0 aliphatic heterocycles. The summed E-state index contributed by atoms with van der Waals surface area (Å²) < 4.78 is 0. The zero-order chi connectivity index (χ0) is 10.6. The van der Waals surface area contributed by atoms with Crippen molar-refractivity contribution in [2.75, 3.05) is 13.1 Å². The Kier molecular flexibility index (Phi) is 3.64. The van der Waals surface area contributed by atoms with Crippen LogP contribution >= 0.6 is 0 Å². The van der Waals surface area contributed by atoms with Crippen molar-refractivity contribution in [3.8, 4) is 0 Å². The van der Waals surface area contributed by atoms with Crippen LogP contribution in [0.4, 0.5) is 0 Å². The van der Waals surface area contributed by atoms with Crippen molar-refractivity contribution in [1.29, 1.82) is 0 Å². The van der Waals surface area contributed by atoms with Gasteiger partial charge in [-0.1, -0.05) is 13.8 Å². The minimum Gasteiger partial charge on any atom is -0.314 e. The van der Waals surface area contributed by atoms with E-state index in [-0.39, 0.29) is 5.56 Å². The van der Waals surface area contributed by atoms with Gasteiger partial charge in [-0.3, -0.25) is 14.7 Å². The lowest BCUT2D eigenvalue weighted by Crippen LogP contribution is -2.30. The molecule has 0 fully saturated rings. The van der Waals surface area contributed by atoms with Gasteiger partial charge in [-0.25, -0.2) is 4.79 Å². The Labute approximate surface area is 81.8 Å². The van der Waals surface area contributed by atoms with Gasteiger partial charge in [0.15, 0.2) is 0 Å². The van der Waals surface area contributed by atoms with E-state index in [9.17, 15) is 9.59 Å². The van der Waals surface area contributed by atoms with E-state index in [1.54, 1.807) is 0 Å². The van der Waals surface area contributed by atoms with E-state index in [4.69, 9.17) is 0 Å². The second-order valence-electron chi connectivity index (χ2n) is 3.06. The lowest BCUT2D eigenvalue weighted by molar-refractivity contribution is 0.294. The largest absolute Gasteiger partial charge is 0.325 e. The zero-order valence-corrected chi connectivity index (χ0v) is 8.46. The minimum atomic E-state index is -0.460. The highest BCUT2D eigenvalue weighted by atomic mass is 16.2. The van der Waals surface area contributed by atoms with Gasteiger partial charge in [0.05, 0.1) is 0 Å². The molecule has 78 valence electrons. The summed E-state index contributed by atoms with van der Waals surface area (Å²) in [6, 6.07) is 0. The average Bonchev–Trinajstić information content (AvgIpc) is 2.17. The monoisotopic (exact) mass is 197 g/mol. The van der Waals surface area contributed by atoms with Crippen LogP contribution in [0.3, 0.4) is 0 Å². The summed E-state index contributed by atoms with van der Waals surface area (Å²) >= 11 is 0. The van der Waals surface area contributed by atoms with Crippen LogP contribution in [0.1, 0.15) is 19.4 Å². The van der Waals surface area contributed by atoms with Gasteiger partial charge in [0.1, 0.15) is 0 Å². The molecule has 0 unspecified atom stereocenters. The van der Waals surface area contributed by atoms with Crippen LogP contribution < -0.4 is 11.2 Å². The highest BCUT2D eigenvalue weighted by Crippen LogP contribution is 1.95. The Hall–Kier alpha value is -1.36. The van der Waals surface area contributed by atoms with Crippen LogP contribution in [0.2, 0.25) is 0 Å². The lowest BCUT2D eigenvalue weighted by atomic mass is 10.3. The molecule has 0 aliphatic rings. The first-order valence-corrected chi connectivity index (χ1v) is 4.70. The summed E-state index contributed by atoms with van der Waals surface area (Å²) in [7, 11) is 0. The van der Waals surface area contributed by atoms with E-state index in [1.165, 1.54) is 6.20 Å². The van der Waals surface area contributed by atoms with Crippen LogP contribution in [0, 0.1) is 0 Å². The van der Waals surface area contributed by atoms with Crippen LogP contribution in [-0.4, -0.2) is 28.0 Å². The smallest absolute Gasteiger partial charge is 0.314 e. The average molecular weight is 197 g/mol. The Balaban J connectivity index is 2.86. The van der Waals surface area contributed by atoms with Gasteiger partial charge in [0, 0.05) is 18.3 Å². The van der Waals surface area contributed by atoms with Gasteiger partial charge in [-0.2, -0.15) is 0 Å². The van der Waals surface area contributed by atoms with Crippen molar-refractivity contribution in [2.45, 2.75) is 20.4 Å². The molecular weight excluding hydrogens is 182 g/mol. The van der Waals surface area contributed by atoms with Crippen molar-refractivity contribution >= 4 is 0 Å². The van der Waals surface area contributed by atoms with Crippen LogP contribution in [0.25, 0.3) is 0 Å². The second kappa shape index (κ2) is 4.76. The minimum absolute atomic E-state index is 0.305. The van der Waals surface area contributed by atoms with Crippen molar-refractivity contribution in [2.24, 2.45) is 0 Å².